The number of ether oxygens (including phenoxy) is 2. The molecule has 6 N–H and O–H groups in total. The molecule has 274 valence electrons. The van der Waals surface area contributed by atoms with Gasteiger partial charge in [0, 0.05) is 44.0 Å². The van der Waals surface area contributed by atoms with E-state index in [-0.39, 0.29) is 43.3 Å². The maximum absolute atomic E-state index is 12.6. The molecule has 0 saturated carbocycles. The maximum atomic E-state index is 12.6. The van der Waals surface area contributed by atoms with Crippen molar-refractivity contribution in [3.8, 4) is 11.1 Å². The number of nitrogens with one attached hydrogen (secondary N) is 2. The molecule has 0 aromatic heterocycles. The molecule has 2 heterocycles. The number of nitrogens with two attached hydrogens (primary N) is 1. The predicted octanol–water partition coefficient (Wildman–Crippen LogP) is 6.25. The van der Waals surface area contributed by atoms with Crippen LogP contribution in [0.5, 0.6) is 0 Å². The lowest BCUT2D eigenvalue weighted by molar-refractivity contribution is -0.253. The third kappa shape index (κ3) is 10.1. The van der Waals surface area contributed by atoms with E-state index in [1.165, 1.54) is 0 Å². The number of para-hydroxylation sites is 2. The number of aliphatic hydroxyl groups is 2. The molecule has 4 atom stereocenters. The first-order valence-electron chi connectivity index (χ1n) is 18.3. The molecule has 2 fully saturated rings. The van der Waals surface area contributed by atoms with Crippen LogP contribution >= 0.6 is 0 Å². The van der Waals surface area contributed by atoms with Crippen LogP contribution in [0.15, 0.2) is 97.1 Å². The van der Waals surface area contributed by atoms with Crippen molar-refractivity contribution < 1.29 is 29.3 Å². The fourth-order valence-electron chi connectivity index (χ4n) is 7.01. The summed E-state index contributed by atoms with van der Waals surface area (Å²) in [6.07, 6.45) is 3.88. The molecule has 2 aliphatic heterocycles. The molecule has 4 aromatic carbocycles. The third-order valence-electron chi connectivity index (χ3n) is 9.99. The van der Waals surface area contributed by atoms with E-state index in [0.717, 1.165) is 59.3 Å². The topological polar surface area (TPSA) is 146 Å². The van der Waals surface area contributed by atoms with E-state index in [4.69, 9.17) is 15.2 Å². The van der Waals surface area contributed by atoms with Gasteiger partial charge in [-0.1, -0.05) is 78.9 Å². The SMILES string of the molecule is Nc1ccccc1NC(=O)CCCCC(=O)NCc1cccc(-c2ccc([C@H]3O[C@@H](CN4CCC[C@H]4CO)C[C@@H](c4ccc(CO)cc4)O3)cc2)c1. The van der Waals surface area contributed by atoms with Gasteiger partial charge in [0.25, 0.3) is 0 Å². The van der Waals surface area contributed by atoms with Gasteiger partial charge in [0.1, 0.15) is 0 Å². The molecule has 2 amide bonds. The molecule has 0 bridgehead atoms. The van der Waals surface area contributed by atoms with Gasteiger partial charge in [-0.15, -0.1) is 0 Å². The highest BCUT2D eigenvalue weighted by Gasteiger charge is 2.35. The number of nitrogen functional groups attached to an aromatic ring is 1. The second kappa shape index (κ2) is 18.3. The summed E-state index contributed by atoms with van der Waals surface area (Å²) in [5, 5.41) is 25.3. The van der Waals surface area contributed by atoms with Gasteiger partial charge in [-0.3, -0.25) is 14.5 Å². The number of nitrogens with zero attached hydrogens (tertiary/aromatic N) is 1. The number of carbonyl (C=O) groups is 2. The first-order chi connectivity index (χ1) is 25.4. The van der Waals surface area contributed by atoms with Gasteiger partial charge in [-0.25, -0.2) is 0 Å². The van der Waals surface area contributed by atoms with Crippen molar-refractivity contribution in [2.75, 3.05) is 30.7 Å². The molecule has 10 heteroatoms. The lowest BCUT2D eigenvalue weighted by Crippen LogP contribution is -2.42. The minimum atomic E-state index is -0.552. The van der Waals surface area contributed by atoms with Gasteiger partial charge in [-0.2, -0.15) is 0 Å². The summed E-state index contributed by atoms with van der Waals surface area (Å²) in [7, 11) is 0. The molecule has 6 rings (SSSR count). The van der Waals surface area contributed by atoms with E-state index in [9.17, 15) is 19.8 Å². The second-order valence-electron chi connectivity index (χ2n) is 13.8. The molecule has 52 heavy (non-hydrogen) atoms. The molecular weight excluding hydrogens is 656 g/mol. The van der Waals surface area contributed by atoms with Crippen LogP contribution < -0.4 is 16.4 Å². The molecule has 0 unspecified atom stereocenters. The monoisotopic (exact) mass is 706 g/mol. The molecule has 4 aromatic rings. The van der Waals surface area contributed by atoms with Crippen LogP contribution in [0.2, 0.25) is 0 Å². The molecule has 0 spiro atoms. The average molecular weight is 707 g/mol. The van der Waals surface area contributed by atoms with Crippen molar-refractivity contribution in [3.05, 3.63) is 119 Å². The van der Waals surface area contributed by atoms with Crippen LogP contribution in [-0.2, 0) is 32.2 Å². The van der Waals surface area contributed by atoms with Crippen molar-refractivity contribution in [2.45, 2.75) is 82.6 Å². The molecule has 2 saturated heterocycles. The second-order valence-corrected chi connectivity index (χ2v) is 13.8. The van der Waals surface area contributed by atoms with E-state index in [0.29, 0.717) is 50.0 Å². The summed E-state index contributed by atoms with van der Waals surface area (Å²) in [6.45, 7) is 2.26. The summed E-state index contributed by atoms with van der Waals surface area (Å²) in [6, 6.07) is 31.6. The van der Waals surface area contributed by atoms with Gasteiger partial charge in [0.2, 0.25) is 11.8 Å². The van der Waals surface area contributed by atoms with Crippen molar-refractivity contribution in [1.29, 1.82) is 0 Å². The van der Waals surface area contributed by atoms with Crippen LogP contribution in [0, 0.1) is 0 Å². The average Bonchev–Trinajstić information content (AvgIpc) is 3.63. The van der Waals surface area contributed by atoms with Crippen molar-refractivity contribution in [1.82, 2.24) is 10.2 Å². The Morgan fingerprint density at radius 1 is 0.808 bits per heavy atom. The Bertz CT molecular complexity index is 1770. The number of anilines is 2. The smallest absolute Gasteiger partial charge is 0.224 e. The molecule has 10 nitrogen and oxygen atoms in total. The third-order valence-corrected chi connectivity index (χ3v) is 9.99. The van der Waals surface area contributed by atoms with Crippen molar-refractivity contribution >= 4 is 23.2 Å². The fraction of sp³-hybridized carbons (Fsp3) is 0.381. The van der Waals surface area contributed by atoms with Crippen LogP contribution in [0.3, 0.4) is 0 Å². The number of aliphatic hydroxyl groups excluding tert-OH is 2. The number of amides is 2. The Morgan fingerprint density at radius 3 is 2.31 bits per heavy atom. The summed E-state index contributed by atoms with van der Waals surface area (Å²) in [5.74, 6) is -0.164. The van der Waals surface area contributed by atoms with Gasteiger partial charge in [0.15, 0.2) is 6.29 Å². The summed E-state index contributed by atoms with van der Waals surface area (Å²) in [4.78, 5) is 27.1. The zero-order valence-corrected chi connectivity index (χ0v) is 29.6. The first kappa shape index (κ1) is 37.2. The Kier molecular flexibility index (Phi) is 13.1. The quantitative estimate of drug-likeness (QED) is 0.0721. The van der Waals surface area contributed by atoms with E-state index in [1.54, 1.807) is 12.1 Å². The highest BCUT2D eigenvalue weighted by molar-refractivity contribution is 5.93. The van der Waals surface area contributed by atoms with Crippen molar-refractivity contribution in [2.24, 2.45) is 0 Å². The molecule has 0 aliphatic carbocycles. The van der Waals surface area contributed by atoms with Gasteiger partial charge in [0.05, 0.1) is 36.8 Å². The summed E-state index contributed by atoms with van der Waals surface area (Å²) in [5.41, 5.74) is 12.9. The van der Waals surface area contributed by atoms with E-state index in [1.807, 2.05) is 60.7 Å². The van der Waals surface area contributed by atoms with Crippen LogP contribution in [0.25, 0.3) is 11.1 Å². The number of hydrogen-bond donors (Lipinski definition) is 5. The van der Waals surface area contributed by atoms with Gasteiger partial charge < -0.3 is 36.1 Å². The largest absolute Gasteiger partial charge is 0.397 e. The first-order valence-corrected chi connectivity index (χ1v) is 18.3. The lowest BCUT2D eigenvalue weighted by Gasteiger charge is -2.38. The minimum Gasteiger partial charge on any atom is -0.397 e. The Hall–Kier alpha value is -4.58. The molecule has 2 aliphatic rings. The number of carbonyl (C=O) groups excluding carboxylic acids is 2. The zero-order chi connectivity index (χ0) is 36.3. The fourth-order valence-corrected chi connectivity index (χ4v) is 7.01. The number of hydrogen-bond acceptors (Lipinski definition) is 8. The van der Waals surface area contributed by atoms with Crippen LogP contribution in [0.4, 0.5) is 11.4 Å². The number of rotatable bonds is 15. The molecule has 0 radical (unpaired) electrons. The number of unbranched alkanes of at least 4 members (excludes halogenated alkanes) is 1. The summed E-state index contributed by atoms with van der Waals surface area (Å²) < 4.78 is 13.1. The Morgan fingerprint density at radius 2 is 1.56 bits per heavy atom. The normalized spacial score (nSPS) is 20.4. The van der Waals surface area contributed by atoms with E-state index >= 15 is 0 Å². The van der Waals surface area contributed by atoms with Crippen LogP contribution in [0.1, 0.15) is 79.6 Å². The number of benzene rings is 4. The van der Waals surface area contributed by atoms with E-state index in [2.05, 4.69) is 39.8 Å². The Labute approximate surface area is 305 Å². The number of likely N-dealkylation sites (tertiary alicyclic amines) is 1. The Balaban J connectivity index is 1.02. The van der Waals surface area contributed by atoms with E-state index < -0.39 is 6.29 Å². The summed E-state index contributed by atoms with van der Waals surface area (Å²) >= 11 is 0. The van der Waals surface area contributed by atoms with Gasteiger partial charge in [-0.05, 0) is 78.2 Å². The van der Waals surface area contributed by atoms with Gasteiger partial charge >= 0.3 is 0 Å². The lowest BCUT2D eigenvalue weighted by atomic mass is 9.98. The minimum absolute atomic E-state index is 0.00285. The molecular formula is C42H50N4O6. The highest BCUT2D eigenvalue weighted by Crippen LogP contribution is 2.39. The maximum Gasteiger partial charge on any atom is 0.224 e. The van der Waals surface area contributed by atoms with Crippen molar-refractivity contribution in [3.63, 3.8) is 0 Å². The highest BCUT2D eigenvalue weighted by atomic mass is 16.7. The predicted molar refractivity (Wildman–Crippen MR) is 202 cm³/mol. The standard InChI is InChI=1S/C42H50N4O6/c43-37-10-1-2-11-38(37)45-41(50)13-4-3-12-40(49)44-25-30-7-5-8-34(23-30)31-18-20-33(21-19-31)42-51-36(26-46-22-6-9-35(46)28-48)24-39(52-42)32-16-14-29(27-47)15-17-32/h1-2,5,7-8,10-11,14-21,23,35-36,39,42,47-48H,3-4,6,9,12-13,22,24-28,43H2,(H,44,49)(H,45,50)/t35-,36+,39-,42-/m0/s1. The zero-order valence-electron chi connectivity index (χ0n) is 29.6. The van der Waals surface area contributed by atoms with Crippen LogP contribution in [-0.4, -0.2) is 58.8 Å².